The Morgan fingerprint density at radius 3 is 2.36 bits per heavy atom. The molecule has 3 N–H and O–H groups in total. The lowest BCUT2D eigenvalue weighted by molar-refractivity contribution is 0.624. The van der Waals surface area contributed by atoms with E-state index in [0.717, 1.165) is 51.1 Å². The van der Waals surface area contributed by atoms with Crippen LogP contribution in [0.4, 0.5) is 15.8 Å². The van der Waals surface area contributed by atoms with Crippen molar-refractivity contribution in [3.8, 4) is 0 Å². The smallest absolute Gasteiger partial charge is 0.123 e. The van der Waals surface area contributed by atoms with E-state index >= 15 is 0 Å². The number of aryl methyl sites for hydroxylation is 1. The van der Waals surface area contributed by atoms with Crippen molar-refractivity contribution in [2.75, 3.05) is 36.8 Å². The summed E-state index contributed by atoms with van der Waals surface area (Å²) in [4.78, 5) is 2.39. The van der Waals surface area contributed by atoms with Gasteiger partial charge in [-0.05, 0) is 80.6 Å². The number of hydrogen-bond acceptors (Lipinski definition) is 3. The standard InChI is InChI=1S/C21H28FN3/c22-19-8-5-17(6-9-19)11-13-24-12-3-4-18-7-10-21(20(23)16-18)25-14-1-2-15-25/h5-10,16,24H,1-4,11-15,23H2. The lowest BCUT2D eigenvalue weighted by atomic mass is 10.1. The maximum atomic E-state index is 12.9. The zero-order valence-corrected chi connectivity index (χ0v) is 14.8. The molecule has 1 saturated heterocycles. The number of benzene rings is 2. The lowest BCUT2D eigenvalue weighted by Crippen LogP contribution is -2.19. The number of nitrogens with two attached hydrogens (primary N) is 1. The van der Waals surface area contributed by atoms with Gasteiger partial charge in [0, 0.05) is 13.1 Å². The number of nitrogens with zero attached hydrogens (tertiary/aromatic N) is 1. The summed E-state index contributed by atoms with van der Waals surface area (Å²) in [7, 11) is 0. The van der Waals surface area contributed by atoms with Gasteiger partial charge in [0.15, 0.2) is 0 Å². The van der Waals surface area contributed by atoms with Gasteiger partial charge in [-0.1, -0.05) is 18.2 Å². The minimum atomic E-state index is -0.174. The minimum absolute atomic E-state index is 0.174. The molecule has 0 radical (unpaired) electrons. The van der Waals surface area contributed by atoms with Crippen LogP contribution in [0.1, 0.15) is 30.4 Å². The maximum Gasteiger partial charge on any atom is 0.123 e. The molecular formula is C21H28FN3. The van der Waals surface area contributed by atoms with Crippen LogP contribution in [0, 0.1) is 5.82 Å². The third kappa shape index (κ3) is 5.20. The van der Waals surface area contributed by atoms with Crippen LogP contribution in [0.15, 0.2) is 42.5 Å². The third-order valence-electron chi connectivity index (χ3n) is 4.86. The number of halogens is 1. The fourth-order valence-corrected chi connectivity index (χ4v) is 3.43. The van der Waals surface area contributed by atoms with E-state index in [1.807, 2.05) is 12.1 Å². The lowest BCUT2D eigenvalue weighted by Gasteiger charge is -2.20. The Morgan fingerprint density at radius 2 is 1.64 bits per heavy atom. The van der Waals surface area contributed by atoms with Gasteiger partial charge >= 0.3 is 0 Å². The summed E-state index contributed by atoms with van der Waals surface area (Å²) in [5.74, 6) is -0.174. The monoisotopic (exact) mass is 341 g/mol. The Morgan fingerprint density at radius 1 is 0.920 bits per heavy atom. The molecule has 134 valence electrons. The topological polar surface area (TPSA) is 41.3 Å². The summed E-state index contributed by atoms with van der Waals surface area (Å²) in [6.07, 6.45) is 5.59. The van der Waals surface area contributed by atoms with Crippen LogP contribution in [0.5, 0.6) is 0 Å². The molecule has 0 unspecified atom stereocenters. The molecule has 1 aliphatic rings. The summed E-state index contributed by atoms with van der Waals surface area (Å²) >= 11 is 0. The second-order valence-corrected chi connectivity index (χ2v) is 6.82. The van der Waals surface area contributed by atoms with Crippen molar-refractivity contribution in [1.82, 2.24) is 5.32 Å². The van der Waals surface area contributed by atoms with Crippen molar-refractivity contribution in [2.45, 2.75) is 32.1 Å². The quantitative estimate of drug-likeness (QED) is 0.567. The fraction of sp³-hybridized carbons (Fsp3) is 0.429. The molecule has 3 nitrogen and oxygen atoms in total. The van der Waals surface area contributed by atoms with Crippen LogP contribution in [-0.4, -0.2) is 26.2 Å². The molecule has 0 aromatic heterocycles. The normalized spacial score (nSPS) is 14.2. The Kier molecular flexibility index (Phi) is 6.29. The summed E-state index contributed by atoms with van der Waals surface area (Å²) in [6.45, 7) is 4.15. The summed E-state index contributed by atoms with van der Waals surface area (Å²) in [6, 6.07) is 13.3. The molecule has 1 heterocycles. The first-order valence-corrected chi connectivity index (χ1v) is 9.31. The highest BCUT2D eigenvalue weighted by Crippen LogP contribution is 2.27. The molecule has 1 aliphatic heterocycles. The molecule has 4 heteroatoms. The molecule has 1 fully saturated rings. The summed E-state index contributed by atoms with van der Waals surface area (Å²) < 4.78 is 12.9. The van der Waals surface area contributed by atoms with Crippen molar-refractivity contribution in [3.63, 3.8) is 0 Å². The highest BCUT2D eigenvalue weighted by atomic mass is 19.1. The van der Waals surface area contributed by atoms with Gasteiger partial charge in [0.05, 0.1) is 11.4 Å². The molecule has 2 aromatic carbocycles. The Hall–Kier alpha value is -2.07. The first kappa shape index (κ1) is 17.7. The molecule has 0 aliphatic carbocycles. The first-order valence-electron chi connectivity index (χ1n) is 9.31. The number of nitrogens with one attached hydrogen (secondary N) is 1. The van der Waals surface area contributed by atoms with Crippen molar-refractivity contribution in [2.24, 2.45) is 0 Å². The van der Waals surface area contributed by atoms with Gasteiger partial charge in [0.25, 0.3) is 0 Å². The van der Waals surface area contributed by atoms with Gasteiger partial charge < -0.3 is 16.0 Å². The molecular weight excluding hydrogens is 313 g/mol. The fourth-order valence-electron chi connectivity index (χ4n) is 3.43. The van der Waals surface area contributed by atoms with Gasteiger partial charge in [-0.15, -0.1) is 0 Å². The largest absolute Gasteiger partial charge is 0.397 e. The molecule has 2 aromatic rings. The van der Waals surface area contributed by atoms with Gasteiger partial charge in [-0.2, -0.15) is 0 Å². The molecule has 0 atom stereocenters. The SMILES string of the molecule is Nc1cc(CCCNCCc2ccc(F)cc2)ccc1N1CCCC1. The first-order chi connectivity index (χ1) is 12.2. The Labute approximate surface area is 150 Å². The van der Waals surface area contributed by atoms with Crippen LogP contribution in [0.3, 0.4) is 0 Å². The number of anilines is 2. The zero-order valence-electron chi connectivity index (χ0n) is 14.8. The number of nitrogen functional groups attached to an aromatic ring is 1. The van der Waals surface area contributed by atoms with E-state index in [1.165, 1.54) is 41.8 Å². The maximum absolute atomic E-state index is 12.9. The predicted octanol–water partition coefficient (Wildman–Crippen LogP) is 3.77. The highest BCUT2D eigenvalue weighted by Gasteiger charge is 2.14. The van der Waals surface area contributed by atoms with Crippen molar-refractivity contribution >= 4 is 11.4 Å². The highest BCUT2D eigenvalue weighted by molar-refractivity contribution is 5.68. The zero-order chi connectivity index (χ0) is 17.5. The van der Waals surface area contributed by atoms with Crippen LogP contribution in [-0.2, 0) is 12.8 Å². The third-order valence-corrected chi connectivity index (χ3v) is 4.86. The molecule has 3 rings (SSSR count). The van der Waals surface area contributed by atoms with E-state index in [9.17, 15) is 4.39 Å². The van der Waals surface area contributed by atoms with E-state index in [1.54, 1.807) is 0 Å². The second-order valence-electron chi connectivity index (χ2n) is 6.82. The second kappa shape index (κ2) is 8.86. The minimum Gasteiger partial charge on any atom is -0.397 e. The van der Waals surface area contributed by atoms with E-state index < -0.39 is 0 Å². The Bertz CT molecular complexity index is 663. The van der Waals surface area contributed by atoms with Crippen molar-refractivity contribution < 1.29 is 4.39 Å². The van der Waals surface area contributed by atoms with Crippen LogP contribution in [0.25, 0.3) is 0 Å². The van der Waals surface area contributed by atoms with Crippen molar-refractivity contribution in [1.29, 1.82) is 0 Å². The number of hydrogen-bond donors (Lipinski definition) is 2. The van der Waals surface area contributed by atoms with Crippen LogP contribution >= 0.6 is 0 Å². The van der Waals surface area contributed by atoms with Gasteiger partial charge in [0.2, 0.25) is 0 Å². The van der Waals surface area contributed by atoms with Gasteiger partial charge in [-0.3, -0.25) is 0 Å². The Balaban J connectivity index is 1.36. The van der Waals surface area contributed by atoms with Gasteiger partial charge in [0.1, 0.15) is 5.82 Å². The van der Waals surface area contributed by atoms with Crippen LogP contribution < -0.4 is 16.0 Å². The molecule has 0 bridgehead atoms. The summed E-state index contributed by atoms with van der Waals surface area (Å²) in [5, 5.41) is 3.46. The van der Waals surface area contributed by atoms with E-state index in [0.29, 0.717) is 0 Å². The number of rotatable bonds is 8. The molecule has 0 spiro atoms. The predicted molar refractivity (Wildman–Crippen MR) is 104 cm³/mol. The average molecular weight is 341 g/mol. The molecule has 0 amide bonds. The van der Waals surface area contributed by atoms with Crippen LogP contribution in [0.2, 0.25) is 0 Å². The van der Waals surface area contributed by atoms with E-state index in [-0.39, 0.29) is 5.82 Å². The van der Waals surface area contributed by atoms with E-state index in [2.05, 4.69) is 28.4 Å². The molecule has 0 saturated carbocycles. The van der Waals surface area contributed by atoms with E-state index in [4.69, 9.17) is 5.73 Å². The average Bonchev–Trinajstić information content (AvgIpc) is 3.14. The summed E-state index contributed by atoms with van der Waals surface area (Å²) in [5.41, 5.74) is 10.8. The molecule has 25 heavy (non-hydrogen) atoms. The van der Waals surface area contributed by atoms with Gasteiger partial charge in [-0.25, -0.2) is 4.39 Å². The van der Waals surface area contributed by atoms with Crippen molar-refractivity contribution in [3.05, 3.63) is 59.4 Å².